The number of Topliss-reactive ketones (excluding diaryl/α,β-unsaturated/α-hetero) is 1. The largest absolute Gasteiger partial charge is 0.388 e. The SMILES string of the molecule is O=C(CO)c1cnc(N2CCC(NS(=O)(=O)c3ccc4ccccc4c3)C2)nc1. The van der Waals surface area contributed by atoms with E-state index < -0.39 is 22.4 Å². The van der Waals surface area contributed by atoms with Gasteiger partial charge in [-0.1, -0.05) is 30.3 Å². The molecule has 2 aromatic carbocycles. The van der Waals surface area contributed by atoms with Crippen LogP contribution in [0.15, 0.2) is 59.8 Å². The molecule has 0 aliphatic carbocycles. The molecule has 3 aromatic rings. The summed E-state index contributed by atoms with van der Waals surface area (Å²) in [4.78, 5) is 21.9. The molecular weight excluding hydrogens is 392 g/mol. The molecule has 1 saturated heterocycles. The van der Waals surface area contributed by atoms with Crippen molar-refractivity contribution in [2.45, 2.75) is 17.4 Å². The summed E-state index contributed by atoms with van der Waals surface area (Å²) in [5.74, 6) is -0.0223. The van der Waals surface area contributed by atoms with E-state index in [2.05, 4.69) is 14.7 Å². The van der Waals surface area contributed by atoms with E-state index in [0.29, 0.717) is 25.5 Å². The Labute approximate surface area is 168 Å². The van der Waals surface area contributed by atoms with Gasteiger partial charge in [0, 0.05) is 31.5 Å². The van der Waals surface area contributed by atoms with Gasteiger partial charge in [0.05, 0.1) is 10.5 Å². The number of rotatable bonds is 6. The molecule has 1 unspecified atom stereocenters. The van der Waals surface area contributed by atoms with E-state index in [1.807, 2.05) is 29.2 Å². The van der Waals surface area contributed by atoms with Crippen molar-refractivity contribution in [3.05, 3.63) is 60.4 Å². The third kappa shape index (κ3) is 4.12. The highest BCUT2D eigenvalue weighted by atomic mass is 32.2. The number of benzene rings is 2. The molecule has 1 aliphatic heterocycles. The second kappa shape index (κ2) is 7.86. The zero-order valence-electron chi connectivity index (χ0n) is 15.5. The van der Waals surface area contributed by atoms with Gasteiger partial charge in [0.15, 0.2) is 5.78 Å². The molecule has 2 heterocycles. The molecule has 9 heteroatoms. The van der Waals surface area contributed by atoms with Crippen LogP contribution in [0.3, 0.4) is 0 Å². The molecule has 1 aromatic heterocycles. The summed E-state index contributed by atoms with van der Waals surface area (Å²) in [6, 6.07) is 12.4. The fourth-order valence-electron chi connectivity index (χ4n) is 3.38. The molecule has 1 fully saturated rings. The Hall–Kier alpha value is -2.88. The van der Waals surface area contributed by atoms with Gasteiger partial charge in [-0.2, -0.15) is 0 Å². The minimum atomic E-state index is -3.65. The number of hydrogen-bond donors (Lipinski definition) is 2. The molecule has 8 nitrogen and oxygen atoms in total. The lowest BCUT2D eigenvalue weighted by molar-refractivity contribution is 0.0903. The predicted octanol–water partition coefficient (Wildman–Crippen LogP) is 1.36. The van der Waals surface area contributed by atoms with E-state index in [4.69, 9.17) is 5.11 Å². The maximum Gasteiger partial charge on any atom is 0.240 e. The van der Waals surface area contributed by atoms with Gasteiger partial charge >= 0.3 is 0 Å². The molecule has 0 spiro atoms. The van der Waals surface area contributed by atoms with Crippen LogP contribution < -0.4 is 9.62 Å². The maximum absolute atomic E-state index is 12.8. The number of hydrogen-bond acceptors (Lipinski definition) is 7. The minimum absolute atomic E-state index is 0.234. The van der Waals surface area contributed by atoms with Crippen LogP contribution in [0, 0.1) is 0 Å². The van der Waals surface area contributed by atoms with Crippen molar-refractivity contribution in [3.8, 4) is 0 Å². The number of nitrogens with zero attached hydrogens (tertiary/aromatic N) is 3. The Balaban J connectivity index is 1.45. The van der Waals surface area contributed by atoms with Crippen molar-refractivity contribution in [3.63, 3.8) is 0 Å². The van der Waals surface area contributed by atoms with Crippen LogP contribution in [0.4, 0.5) is 5.95 Å². The van der Waals surface area contributed by atoms with Crippen molar-refractivity contribution in [1.29, 1.82) is 0 Å². The van der Waals surface area contributed by atoms with Crippen LogP contribution in [0.2, 0.25) is 0 Å². The zero-order valence-corrected chi connectivity index (χ0v) is 16.3. The van der Waals surface area contributed by atoms with E-state index >= 15 is 0 Å². The van der Waals surface area contributed by atoms with Gasteiger partial charge in [0.25, 0.3) is 0 Å². The average molecular weight is 412 g/mol. The monoisotopic (exact) mass is 412 g/mol. The molecule has 0 saturated carbocycles. The first kappa shape index (κ1) is 19.4. The van der Waals surface area contributed by atoms with Gasteiger partial charge in [-0.05, 0) is 29.3 Å². The number of ketones is 1. The Kier molecular flexibility index (Phi) is 5.27. The summed E-state index contributed by atoms with van der Waals surface area (Å²) in [5.41, 5.74) is 0.240. The van der Waals surface area contributed by atoms with Crippen molar-refractivity contribution in [2.75, 3.05) is 24.6 Å². The van der Waals surface area contributed by atoms with Crippen LogP contribution in [0.5, 0.6) is 0 Å². The molecule has 0 radical (unpaired) electrons. The summed E-state index contributed by atoms with van der Waals surface area (Å²) < 4.78 is 28.4. The van der Waals surface area contributed by atoms with Crippen LogP contribution in [0.1, 0.15) is 16.8 Å². The third-order valence-corrected chi connectivity index (χ3v) is 6.45. The average Bonchev–Trinajstić information content (AvgIpc) is 3.20. The minimum Gasteiger partial charge on any atom is -0.388 e. The highest BCUT2D eigenvalue weighted by Crippen LogP contribution is 2.21. The lowest BCUT2D eigenvalue weighted by Gasteiger charge is -2.17. The topological polar surface area (TPSA) is 112 Å². The van der Waals surface area contributed by atoms with E-state index in [1.54, 1.807) is 18.2 Å². The highest BCUT2D eigenvalue weighted by molar-refractivity contribution is 7.89. The molecule has 29 heavy (non-hydrogen) atoms. The number of sulfonamides is 1. The summed E-state index contributed by atoms with van der Waals surface area (Å²) in [6.45, 7) is 0.434. The Morgan fingerprint density at radius 1 is 1.14 bits per heavy atom. The van der Waals surface area contributed by atoms with Crippen LogP contribution in [-0.2, 0) is 10.0 Å². The Bertz CT molecular complexity index is 1150. The number of fused-ring (bicyclic) bond motifs is 1. The fraction of sp³-hybridized carbons (Fsp3) is 0.250. The van der Waals surface area contributed by atoms with Gasteiger partial charge in [-0.3, -0.25) is 4.79 Å². The normalized spacial score (nSPS) is 17.0. The van der Waals surface area contributed by atoms with E-state index in [9.17, 15) is 13.2 Å². The van der Waals surface area contributed by atoms with Gasteiger partial charge in [0.2, 0.25) is 16.0 Å². The standard InChI is InChI=1S/C20H20N4O4S/c25-13-19(26)16-10-21-20(22-11-16)24-8-7-17(12-24)23-29(27,28)18-6-5-14-3-1-2-4-15(14)9-18/h1-6,9-11,17,23,25H,7-8,12-13H2. The number of carbonyl (C=O) groups is 1. The van der Waals surface area contributed by atoms with Gasteiger partial charge in [-0.25, -0.2) is 23.1 Å². The zero-order chi connectivity index (χ0) is 20.4. The van der Waals surface area contributed by atoms with Crippen LogP contribution in [-0.4, -0.2) is 55.0 Å². The lowest BCUT2D eigenvalue weighted by Crippen LogP contribution is -2.37. The van der Waals surface area contributed by atoms with Crippen molar-refractivity contribution >= 4 is 32.5 Å². The summed E-state index contributed by atoms with van der Waals surface area (Å²) in [6.07, 6.45) is 3.36. The molecular formula is C20H20N4O4S. The lowest BCUT2D eigenvalue weighted by atomic mass is 10.1. The second-order valence-electron chi connectivity index (χ2n) is 6.91. The van der Waals surface area contributed by atoms with E-state index in [0.717, 1.165) is 10.8 Å². The molecule has 0 amide bonds. The number of nitrogens with one attached hydrogen (secondary N) is 1. The number of aliphatic hydroxyl groups excluding tert-OH is 1. The first-order chi connectivity index (χ1) is 14.0. The van der Waals surface area contributed by atoms with Crippen LogP contribution in [0.25, 0.3) is 10.8 Å². The third-order valence-electron chi connectivity index (χ3n) is 4.93. The van der Waals surface area contributed by atoms with E-state index in [1.165, 1.54) is 12.4 Å². The Morgan fingerprint density at radius 2 is 1.86 bits per heavy atom. The summed E-state index contributed by atoms with van der Waals surface area (Å²) >= 11 is 0. The van der Waals surface area contributed by atoms with Gasteiger partial charge in [-0.15, -0.1) is 0 Å². The van der Waals surface area contributed by atoms with Gasteiger partial charge in [0.1, 0.15) is 6.61 Å². The number of aromatic nitrogens is 2. The van der Waals surface area contributed by atoms with E-state index in [-0.39, 0.29) is 16.5 Å². The van der Waals surface area contributed by atoms with Gasteiger partial charge < -0.3 is 10.0 Å². The number of carbonyl (C=O) groups excluding carboxylic acids is 1. The van der Waals surface area contributed by atoms with Crippen LogP contribution >= 0.6 is 0 Å². The smallest absolute Gasteiger partial charge is 0.240 e. The quantitative estimate of drug-likeness (QED) is 0.588. The van der Waals surface area contributed by atoms with Crippen molar-refractivity contribution in [1.82, 2.24) is 14.7 Å². The highest BCUT2D eigenvalue weighted by Gasteiger charge is 2.28. The molecule has 0 bridgehead atoms. The molecule has 1 atom stereocenters. The number of anilines is 1. The molecule has 4 rings (SSSR count). The van der Waals surface area contributed by atoms with Crippen molar-refractivity contribution < 1.29 is 18.3 Å². The first-order valence-electron chi connectivity index (χ1n) is 9.18. The maximum atomic E-state index is 12.8. The fourth-order valence-corrected chi connectivity index (χ4v) is 4.68. The number of aliphatic hydroxyl groups is 1. The summed E-state index contributed by atoms with van der Waals surface area (Å²) in [5, 5.41) is 10.7. The van der Waals surface area contributed by atoms with Crippen molar-refractivity contribution in [2.24, 2.45) is 0 Å². The predicted molar refractivity (Wildman–Crippen MR) is 108 cm³/mol. The first-order valence-corrected chi connectivity index (χ1v) is 10.7. The molecule has 150 valence electrons. The molecule has 2 N–H and O–H groups in total. The second-order valence-corrected chi connectivity index (χ2v) is 8.63. The molecule has 1 aliphatic rings. The Morgan fingerprint density at radius 3 is 2.59 bits per heavy atom. The summed E-state index contributed by atoms with van der Waals surface area (Å²) in [7, 11) is -3.65.